The Morgan fingerprint density at radius 1 is 1.69 bits per heavy atom. The van der Waals surface area contributed by atoms with E-state index in [0.29, 0.717) is 5.03 Å². The van der Waals surface area contributed by atoms with Gasteiger partial charge in [0.1, 0.15) is 15.3 Å². The van der Waals surface area contributed by atoms with Gasteiger partial charge in [-0.15, -0.1) is 11.8 Å². The maximum atomic E-state index is 13.2. The first kappa shape index (κ1) is 10.8. The SMILES string of the molecule is CCSc1cc(F)c(Br)c(OC)n1. The fourth-order valence-electron chi connectivity index (χ4n) is 0.812. The number of nitrogens with zero attached hydrogens (tertiary/aromatic N) is 1. The van der Waals surface area contributed by atoms with Crippen LogP contribution in [0.4, 0.5) is 4.39 Å². The van der Waals surface area contributed by atoms with Crippen molar-refractivity contribution in [2.45, 2.75) is 11.9 Å². The molecule has 0 saturated heterocycles. The van der Waals surface area contributed by atoms with Gasteiger partial charge in [-0.3, -0.25) is 0 Å². The van der Waals surface area contributed by atoms with E-state index in [-0.39, 0.29) is 16.2 Å². The molecule has 0 aliphatic carbocycles. The molecule has 0 radical (unpaired) electrons. The molecule has 0 bridgehead atoms. The molecule has 2 nitrogen and oxygen atoms in total. The van der Waals surface area contributed by atoms with Gasteiger partial charge in [-0.1, -0.05) is 6.92 Å². The van der Waals surface area contributed by atoms with Crippen LogP contribution in [0, 0.1) is 5.82 Å². The molecule has 5 heteroatoms. The summed E-state index contributed by atoms with van der Waals surface area (Å²) >= 11 is 4.53. The van der Waals surface area contributed by atoms with Crippen molar-refractivity contribution >= 4 is 27.7 Å². The quantitative estimate of drug-likeness (QED) is 0.785. The molecule has 0 unspecified atom stereocenters. The maximum absolute atomic E-state index is 13.2. The van der Waals surface area contributed by atoms with Crippen LogP contribution in [-0.4, -0.2) is 17.8 Å². The molecule has 0 saturated carbocycles. The molecule has 1 heterocycles. The summed E-state index contributed by atoms with van der Waals surface area (Å²) in [5.74, 6) is 0.802. The van der Waals surface area contributed by atoms with E-state index in [9.17, 15) is 4.39 Å². The van der Waals surface area contributed by atoms with Crippen molar-refractivity contribution in [2.24, 2.45) is 0 Å². The zero-order chi connectivity index (χ0) is 9.84. The Morgan fingerprint density at radius 3 is 2.92 bits per heavy atom. The zero-order valence-corrected chi connectivity index (χ0v) is 9.71. The molecular formula is C8H9BrFNOS. The summed E-state index contributed by atoms with van der Waals surface area (Å²) in [5, 5.41) is 0.639. The molecule has 72 valence electrons. The Labute approximate surface area is 89.0 Å². The average Bonchev–Trinajstić information content (AvgIpc) is 2.11. The molecule has 0 aromatic carbocycles. The van der Waals surface area contributed by atoms with Crippen molar-refractivity contribution in [3.63, 3.8) is 0 Å². The Bertz CT molecular complexity index is 308. The van der Waals surface area contributed by atoms with E-state index in [1.54, 1.807) is 0 Å². The second kappa shape index (κ2) is 4.81. The number of aromatic nitrogens is 1. The van der Waals surface area contributed by atoms with Gasteiger partial charge in [-0.25, -0.2) is 9.37 Å². The van der Waals surface area contributed by atoms with E-state index in [1.165, 1.54) is 24.9 Å². The third-order valence-electron chi connectivity index (χ3n) is 1.34. The Hall–Kier alpha value is -0.290. The molecule has 1 aromatic rings. The summed E-state index contributed by atoms with van der Waals surface area (Å²) < 4.78 is 18.3. The van der Waals surface area contributed by atoms with Crippen molar-refractivity contribution in [3.8, 4) is 5.88 Å². The van der Waals surface area contributed by atoms with Crippen LogP contribution in [0.2, 0.25) is 0 Å². The van der Waals surface area contributed by atoms with Crippen molar-refractivity contribution < 1.29 is 9.13 Å². The lowest BCUT2D eigenvalue weighted by atomic mass is 10.4. The Balaban J connectivity index is 3.06. The molecule has 0 aliphatic heterocycles. The topological polar surface area (TPSA) is 22.1 Å². The van der Waals surface area contributed by atoms with Crippen molar-refractivity contribution in [1.29, 1.82) is 0 Å². The van der Waals surface area contributed by atoms with E-state index in [0.717, 1.165) is 5.75 Å². The van der Waals surface area contributed by atoms with Gasteiger partial charge in [0, 0.05) is 6.07 Å². The number of thioether (sulfide) groups is 1. The van der Waals surface area contributed by atoms with Gasteiger partial charge in [0.15, 0.2) is 0 Å². The number of rotatable bonds is 3. The van der Waals surface area contributed by atoms with Gasteiger partial charge in [-0.05, 0) is 21.7 Å². The van der Waals surface area contributed by atoms with Crippen molar-refractivity contribution in [2.75, 3.05) is 12.9 Å². The smallest absolute Gasteiger partial charge is 0.231 e. The maximum Gasteiger partial charge on any atom is 0.231 e. The summed E-state index contributed by atoms with van der Waals surface area (Å²) in [4.78, 5) is 4.10. The Morgan fingerprint density at radius 2 is 2.38 bits per heavy atom. The molecule has 0 fully saturated rings. The van der Waals surface area contributed by atoms with Crippen LogP contribution in [0.1, 0.15) is 6.92 Å². The number of hydrogen-bond acceptors (Lipinski definition) is 3. The highest BCUT2D eigenvalue weighted by Gasteiger charge is 2.10. The minimum atomic E-state index is -0.345. The number of methoxy groups -OCH3 is 1. The number of hydrogen-bond donors (Lipinski definition) is 0. The van der Waals surface area contributed by atoms with Crippen LogP contribution < -0.4 is 4.74 Å². The number of halogens is 2. The molecule has 13 heavy (non-hydrogen) atoms. The molecule has 0 atom stereocenters. The predicted octanol–water partition coefficient (Wildman–Crippen LogP) is 3.10. The fourth-order valence-corrected chi connectivity index (χ4v) is 1.81. The van der Waals surface area contributed by atoms with E-state index < -0.39 is 0 Å². The van der Waals surface area contributed by atoms with E-state index in [2.05, 4.69) is 20.9 Å². The van der Waals surface area contributed by atoms with Gasteiger partial charge in [-0.2, -0.15) is 0 Å². The minimum absolute atomic E-state index is 0.274. The molecule has 0 aliphatic rings. The van der Waals surface area contributed by atoms with Crippen LogP contribution in [0.25, 0.3) is 0 Å². The lowest BCUT2D eigenvalue weighted by Crippen LogP contribution is -1.93. The van der Waals surface area contributed by atoms with Crippen LogP contribution in [0.3, 0.4) is 0 Å². The monoisotopic (exact) mass is 265 g/mol. The molecule has 0 N–H and O–H groups in total. The number of ether oxygens (including phenoxy) is 1. The second-order valence-electron chi connectivity index (χ2n) is 2.20. The minimum Gasteiger partial charge on any atom is -0.480 e. The first-order valence-electron chi connectivity index (χ1n) is 3.71. The van der Waals surface area contributed by atoms with Crippen LogP contribution in [-0.2, 0) is 0 Å². The lowest BCUT2D eigenvalue weighted by Gasteiger charge is -2.05. The zero-order valence-electron chi connectivity index (χ0n) is 7.30. The summed E-state index contributed by atoms with van der Waals surface area (Å²) in [7, 11) is 1.47. The van der Waals surface area contributed by atoms with E-state index in [1.807, 2.05) is 6.92 Å². The standard InChI is InChI=1S/C8H9BrFNOS/c1-3-13-6-4-5(10)7(9)8(11-6)12-2/h4H,3H2,1-2H3. The summed E-state index contributed by atoms with van der Waals surface area (Å²) in [6.45, 7) is 1.98. The van der Waals surface area contributed by atoms with Gasteiger partial charge in [0.25, 0.3) is 0 Å². The van der Waals surface area contributed by atoms with Crippen molar-refractivity contribution in [1.82, 2.24) is 4.98 Å². The highest BCUT2D eigenvalue weighted by atomic mass is 79.9. The first-order chi connectivity index (χ1) is 6.19. The molecule has 0 spiro atoms. The van der Waals surface area contributed by atoms with Crippen molar-refractivity contribution in [3.05, 3.63) is 16.4 Å². The van der Waals surface area contributed by atoms with E-state index in [4.69, 9.17) is 4.74 Å². The fraction of sp³-hybridized carbons (Fsp3) is 0.375. The molecular weight excluding hydrogens is 257 g/mol. The highest BCUT2D eigenvalue weighted by Crippen LogP contribution is 2.29. The first-order valence-corrected chi connectivity index (χ1v) is 5.49. The third kappa shape index (κ3) is 2.57. The molecule has 1 rings (SSSR count). The Kier molecular flexibility index (Phi) is 3.99. The van der Waals surface area contributed by atoms with Crippen LogP contribution >= 0.6 is 27.7 Å². The summed E-state index contributed by atoms with van der Waals surface area (Å²) in [6.07, 6.45) is 0. The van der Waals surface area contributed by atoms with Gasteiger partial charge >= 0.3 is 0 Å². The molecule has 0 amide bonds. The predicted molar refractivity (Wildman–Crippen MR) is 54.8 cm³/mol. The largest absolute Gasteiger partial charge is 0.480 e. The third-order valence-corrected chi connectivity index (χ3v) is 2.86. The number of pyridine rings is 1. The average molecular weight is 266 g/mol. The van der Waals surface area contributed by atoms with Crippen LogP contribution in [0.5, 0.6) is 5.88 Å². The lowest BCUT2D eigenvalue weighted by molar-refractivity contribution is 0.386. The van der Waals surface area contributed by atoms with E-state index >= 15 is 0 Å². The second-order valence-corrected chi connectivity index (χ2v) is 4.28. The summed E-state index contributed by atoms with van der Waals surface area (Å²) in [6, 6.07) is 1.39. The normalized spacial score (nSPS) is 10.2. The van der Waals surface area contributed by atoms with Crippen LogP contribution in [0.15, 0.2) is 15.6 Å². The molecule has 1 aromatic heterocycles. The van der Waals surface area contributed by atoms with Gasteiger partial charge < -0.3 is 4.74 Å². The van der Waals surface area contributed by atoms with Gasteiger partial charge in [0.2, 0.25) is 5.88 Å². The highest BCUT2D eigenvalue weighted by molar-refractivity contribution is 9.10. The van der Waals surface area contributed by atoms with Gasteiger partial charge in [0.05, 0.1) is 7.11 Å². The summed E-state index contributed by atoms with van der Waals surface area (Å²) in [5.41, 5.74) is 0.